The monoisotopic (exact) mass is 190 g/mol. The van der Waals surface area contributed by atoms with Crippen molar-refractivity contribution in [2.24, 2.45) is 5.73 Å². The molecule has 0 fully saturated rings. The number of fused-ring (bicyclic) bond motifs is 1. The van der Waals surface area contributed by atoms with E-state index >= 15 is 0 Å². The molecular formula is C11H14N2O. The number of hydrogen-bond donors (Lipinski definition) is 2. The van der Waals surface area contributed by atoms with Gasteiger partial charge in [-0.1, -0.05) is 18.2 Å². The molecule has 0 spiro atoms. The Hall–Kier alpha value is -1.35. The molecule has 0 aliphatic carbocycles. The van der Waals surface area contributed by atoms with E-state index in [1.54, 1.807) is 0 Å². The zero-order valence-corrected chi connectivity index (χ0v) is 8.21. The van der Waals surface area contributed by atoms with E-state index in [4.69, 9.17) is 5.73 Å². The highest BCUT2D eigenvalue weighted by atomic mass is 16.2. The number of rotatable bonds is 2. The molecule has 74 valence electrons. The van der Waals surface area contributed by atoms with Crippen LogP contribution in [0.25, 0.3) is 0 Å². The van der Waals surface area contributed by atoms with Crippen molar-refractivity contribution in [3.63, 3.8) is 0 Å². The van der Waals surface area contributed by atoms with Gasteiger partial charge in [0.15, 0.2) is 0 Å². The number of hydrogen-bond acceptors (Lipinski definition) is 2. The first-order valence-corrected chi connectivity index (χ1v) is 4.79. The van der Waals surface area contributed by atoms with Crippen molar-refractivity contribution >= 4 is 11.6 Å². The quantitative estimate of drug-likeness (QED) is 0.737. The van der Waals surface area contributed by atoms with E-state index in [9.17, 15) is 4.79 Å². The SMILES string of the molecule is CC1(CCN)C(=O)Nc2ccccc21. The number of benzene rings is 1. The molecule has 1 unspecified atom stereocenters. The van der Waals surface area contributed by atoms with Crippen LogP contribution in [-0.4, -0.2) is 12.5 Å². The van der Waals surface area contributed by atoms with Gasteiger partial charge in [0, 0.05) is 5.69 Å². The lowest BCUT2D eigenvalue weighted by Crippen LogP contribution is -2.33. The summed E-state index contributed by atoms with van der Waals surface area (Å²) >= 11 is 0. The summed E-state index contributed by atoms with van der Waals surface area (Å²) in [6.45, 7) is 2.47. The van der Waals surface area contributed by atoms with Crippen molar-refractivity contribution in [1.29, 1.82) is 0 Å². The predicted octanol–water partition coefficient (Wildman–Crippen LogP) is 1.25. The van der Waals surface area contributed by atoms with Crippen LogP contribution in [0, 0.1) is 0 Å². The predicted molar refractivity (Wildman–Crippen MR) is 56.1 cm³/mol. The lowest BCUT2D eigenvalue weighted by Gasteiger charge is -2.20. The van der Waals surface area contributed by atoms with Gasteiger partial charge < -0.3 is 11.1 Å². The smallest absolute Gasteiger partial charge is 0.234 e. The van der Waals surface area contributed by atoms with Gasteiger partial charge in [-0.2, -0.15) is 0 Å². The zero-order chi connectivity index (χ0) is 10.2. The molecular weight excluding hydrogens is 176 g/mol. The third-order valence-corrected chi connectivity index (χ3v) is 2.92. The van der Waals surface area contributed by atoms with Gasteiger partial charge in [-0.3, -0.25) is 4.79 Å². The summed E-state index contributed by atoms with van der Waals surface area (Å²) in [7, 11) is 0. The summed E-state index contributed by atoms with van der Waals surface area (Å²) in [4.78, 5) is 11.8. The molecule has 1 aliphatic rings. The molecule has 0 saturated heterocycles. The molecule has 0 aromatic heterocycles. The minimum absolute atomic E-state index is 0.0594. The van der Waals surface area contributed by atoms with E-state index in [1.807, 2.05) is 31.2 Å². The average Bonchev–Trinajstić information content (AvgIpc) is 2.41. The van der Waals surface area contributed by atoms with E-state index in [0.29, 0.717) is 13.0 Å². The standard InChI is InChI=1S/C11H14N2O/c1-11(6-7-12)8-4-2-3-5-9(8)13-10(11)14/h2-5H,6-7,12H2,1H3,(H,13,14). The normalized spacial score (nSPS) is 24.6. The van der Waals surface area contributed by atoms with Crippen molar-refractivity contribution in [3.8, 4) is 0 Å². The Morgan fingerprint density at radius 2 is 2.14 bits per heavy atom. The van der Waals surface area contributed by atoms with Crippen molar-refractivity contribution in [1.82, 2.24) is 0 Å². The van der Waals surface area contributed by atoms with Gasteiger partial charge in [-0.25, -0.2) is 0 Å². The number of amides is 1. The van der Waals surface area contributed by atoms with E-state index in [2.05, 4.69) is 5.32 Å². The lowest BCUT2D eigenvalue weighted by atomic mass is 9.81. The summed E-state index contributed by atoms with van der Waals surface area (Å²) in [6, 6.07) is 7.79. The number of nitrogens with two attached hydrogens (primary N) is 1. The van der Waals surface area contributed by atoms with E-state index < -0.39 is 5.41 Å². The fourth-order valence-electron chi connectivity index (χ4n) is 1.99. The summed E-state index contributed by atoms with van der Waals surface area (Å²) in [5, 5.41) is 2.88. The van der Waals surface area contributed by atoms with Crippen LogP contribution in [0.4, 0.5) is 5.69 Å². The maximum atomic E-state index is 11.8. The largest absolute Gasteiger partial charge is 0.330 e. The van der Waals surface area contributed by atoms with Crippen LogP contribution >= 0.6 is 0 Å². The highest BCUT2D eigenvalue weighted by molar-refractivity contribution is 6.05. The van der Waals surface area contributed by atoms with Crippen LogP contribution in [0.1, 0.15) is 18.9 Å². The molecule has 1 aliphatic heterocycles. The Bertz CT molecular complexity index is 375. The van der Waals surface area contributed by atoms with Crippen LogP contribution in [0.15, 0.2) is 24.3 Å². The minimum atomic E-state index is -0.439. The molecule has 2 rings (SSSR count). The van der Waals surface area contributed by atoms with E-state index in [0.717, 1.165) is 11.3 Å². The second-order valence-electron chi connectivity index (χ2n) is 3.87. The Morgan fingerprint density at radius 3 is 2.86 bits per heavy atom. The summed E-state index contributed by atoms with van der Waals surface area (Å²) in [5.41, 5.74) is 7.08. The van der Waals surface area contributed by atoms with E-state index in [-0.39, 0.29) is 5.91 Å². The lowest BCUT2D eigenvalue weighted by molar-refractivity contribution is -0.120. The number of anilines is 1. The van der Waals surface area contributed by atoms with Crippen molar-refractivity contribution in [2.45, 2.75) is 18.8 Å². The van der Waals surface area contributed by atoms with Gasteiger partial charge >= 0.3 is 0 Å². The molecule has 1 amide bonds. The third kappa shape index (κ3) is 1.13. The molecule has 0 saturated carbocycles. The van der Waals surface area contributed by atoms with Crippen LogP contribution in [0.5, 0.6) is 0 Å². The first-order chi connectivity index (χ1) is 6.68. The van der Waals surface area contributed by atoms with Crippen LogP contribution in [-0.2, 0) is 10.2 Å². The highest BCUT2D eigenvalue weighted by Gasteiger charge is 2.41. The van der Waals surface area contributed by atoms with Gasteiger partial charge in [0.05, 0.1) is 5.41 Å². The molecule has 3 heteroatoms. The Morgan fingerprint density at radius 1 is 1.43 bits per heavy atom. The fraction of sp³-hybridized carbons (Fsp3) is 0.364. The molecule has 1 aromatic carbocycles. The summed E-state index contributed by atoms with van der Waals surface area (Å²) < 4.78 is 0. The maximum absolute atomic E-state index is 11.8. The number of nitrogens with one attached hydrogen (secondary N) is 1. The van der Waals surface area contributed by atoms with Gasteiger partial charge in [0.2, 0.25) is 5.91 Å². The Kier molecular flexibility index (Phi) is 2.04. The van der Waals surface area contributed by atoms with Crippen LogP contribution < -0.4 is 11.1 Å². The van der Waals surface area contributed by atoms with E-state index in [1.165, 1.54) is 0 Å². The molecule has 1 aromatic rings. The number of para-hydroxylation sites is 1. The second-order valence-corrected chi connectivity index (χ2v) is 3.87. The van der Waals surface area contributed by atoms with Crippen LogP contribution in [0.2, 0.25) is 0 Å². The minimum Gasteiger partial charge on any atom is -0.330 e. The molecule has 3 nitrogen and oxygen atoms in total. The Balaban J connectivity index is 2.48. The van der Waals surface area contributed by atoms with Crippen molar-refractivity contribution in [3.05, 3.63) is 29.8 Å². The molecule has 3 N–H and O–H groups in total. The number of carbonyl (C=O) groups is 1. The molecule has 1 atom stereocenters. The van der Waals surface area contributed by atoms with Gasteiger partial charge in [0.1, 0.15) is 0 Å². The Labute approximate surface area is 83.3 Å². The fourth-order valence-corrected chi connectivity index (χ4v) is 1.99. The first-order valence-electron chi connectivity index (χ1n) is 4.79. The molecule has 14 heavy (non-hydrogen) atoms. The number of carbonyl (C=O) groups excluding carboxylic acids is 1. The van der Waals surface area contributed by atoms with Gasteiger partial charge in [-0.15, -0.1) is 0 Å². The van der Waals surface area contributed by atoms with Crippen molar-refractivity contribution < 1.29 is 4.79 Å². The zero-order valence-electron chi connectivity index (χ0n) is 8.21. The molecule has 1 heterocycles. The highest BCUT2D eigenvalue weighted by Crippen LogP contribution is 2.39. The average molecular weight is 190 g/mol. The van der Waals surface area contributed by atoms with Gasteiger partial charge in [-0.05, 0) is 31.5 Å². The summed E-state index contributed by atoms with van der Waals surface area (Å²) in [6.07, 6.45) is 0.690. The second kappa shape index (κ2) is 3.10. The molecule has 0 bridgehead atoms. The molecule has 0 radical (unpaired) electrons. The third-order valence-electron chi connectivity index (χ3n) is 2.92. The van der Waals surface area contributed by atoms with Gasteiger partial charge in [0.25, 0.3) is 0 Å². The first kappa shape index (κ1) is 9.21. The van der Waals surface area contributed by atoms with Crippen LogP contribution in [0.3, 0.4) is 0 Å². The maximum Gasteiger partial charge on any atom is 0.234 e. The summed E-state index contributed by atoms with van der Waals surface area (Å²) in [5.74, 6) is 0.0594. The topological polar surface area (TPSA) is 55.1 Å². The van der Waals surface area contributed by atoms with Crippen molar-refractivity contribution in [2.75, 3.05) is 11.9 Å².